The molecule has 0 aliphatic rings. The normalized spacial score (nSPS) is 10.8. The topological polar surface area (TPSA) is 68.5 Å². The van der Waals surface area contributed by atoms with Gasteiger partial charge in [-0.1, -0.05) is 18.2 Å². The van der Waals surface area contributed by atoms with Crippen molar-refractivity contribution in [2.45, 2.75) is 6.92 Å². The zero-order valence-electron chi connectivity index (χ0n) is 16.4. The number of esters is 1. The minimum Gasteiger partial charge on any atom is -0.455 e. The number of amides is 1. The largest absolute Gasteiger partial charge is 0.455 e. The molecule has 1 N–H and O–H groups in total. The molecular weight excluding hydrogens is 385 g/mol. The maximum Gasteiger partial charge on any atom is 0.308 e. The first kappa shape index (κ1) is 19.4. The highest BCUT2D eigenvalue weighted by Gasteiger charge is 2.22. The second-order valence-corrected chi connectivity index (χ2v) is 6.72. The van der Waals surface area contributed by atoms with Crippen LogP contribution in [0.5, 0.6) is 5.75 Å². The minimum atomic E-state index is -0.400. The van der Waals surface area contributed by atoms with Gasteiger partial charge in [-0.15, -0.1) is 0 Å². The number of furan rings is 1. The van der Waals surface area contributed by atoms with Crippen molar-refractivity contribution >= 4 is 22.8 Å². The van der Waals surface area contributed by atoms with Crippen molar-refractivity contribution in [1.29, 1.82) is 0 Å². The Morgan fingerprint density at radius 2 is 1.63 bits per heavy atom. The number of carbonyl (C=O) groups is 2. The maximum atomic E-state index is 13.3. The van der Waals surface area contributed by atoms with Crippen LogP contribution >= 0.6 is 0 Å². The molecule has 0 saturated heterocycles. The predicted octanol–water partition coefficient (Wildman–Crippen LogP) is 5.19. The maximum absolute atomic E-state index is 13.3. The molecule has 150 valence electrons. The fourth-order valence-electron chi connectivity index (χ4n) is 3.34. The Balaban J connectivity index is 1.87. The average molecular weight is 403 g/mol. The van der Waals surface area contributed by atoms with Gasteiger partial charge in [0, 0.05) is 24.9 Å². The molecule has 0 spiro atoms. The van der Waals surface area contributed by atoms with Crippen molar-refractivity contribution in [2.24, 2.45) is 0 Å². The van der Waals surface area contributed by atoms with Gasteiger partial charge < -0.3 is 14.5 Å². The van der Waals surface area contributed by atoms with Gasteiger partial charge in [0.1, 0.15) is 22.9 Å². The van der Waals surface area contributed by atoms with E-state index in [4.69, 9.17) is 9.15 Å². The molecule has 0 bridgehead atoms. The number of carbonyl (C=O) groups excluding carboxylic acids is 2. The number of hydrogen-bond donors (Lipinski definition) is 1. The van der Waals surface area contributed by atoms with Crippen molar-refractivity contribution in [2.75, 3.05) is 7.05 Å². The quantitative estimate of drug-likeness (QED) is 0.376. The highest BCUT2D eigenvalue weighted by molar-refractivity contribution is 6.11. The third kappa shape index (κ3) is 3.67. The highest BCUT2D eigenvalue weighted by Crippen LogP contribution is 2.36. The van der Waals surface area contributed by atoms with Gasteiger partial charge in [0.15, 0.2) is 0 Å². The van der Waals surface area contributed by atoms with Gasteiger partial charge in [-0.3, -0.25) is 9.59 Å². The summed E-state index contributed by atoms with van der Waals surface area (Å²) in [6.07, 6.45) is 0. The van der Waals surface area contributed by atoms with Crippen LogP contribution in [0.4, 0.5) is 4.39 Å². The number of hydrogen-bond acceptors (Lipinski definition) is 4. The molecule has 0 unspecified atom stereocenters. The molecule has 5 nitrogen and oxygen atoms in total. The van der Waals surface area contributed by atoms with Crippen LogP contribution in [0.1, 0.15) is 17.3 Å². The Morgan fingerprint density at radius 3 is 2.33 bits per heavy atom. The van der Waals surface area contributed by atoms with Crippen LogP contribution in [0.3, 0.4) is 0 Å². The second-order valence-electron chi connectivity index (χ2n) is 6.72. The van der Waals surface area contributed by atoms with Crippen LogP contribution in [0.25, 0.3) is 33.4 Å². The van der Waals surface area contributed by atoms with Crippen molar-refractivity contribution in [1.82, 2.24) is 5.32 Å². The molecule has 30 heavy (non-hydrogen) atoms. The van der Waals surface area contributed by atoms with E-state index in [0.717, 1.165) is 11.1 Å². The van der Waals surface area contributed by atoms with Crippen molar-refractivity contribution < 1.29 is 23.1 Å². The number of ether oxygens (including phenoxy) is 1. The lowest BCUT2D eigenvalue weighted by Gasteiger charge is -2.06. The zero-order valence-corrected chi connectivity index (χ0v) is 16.4. The first-order valence-corrected chi connectivity index (χ1v) is 9.29. The summed E-state index contributed by atoms with van der Waals surface area (Å²) in [6, 6.07) is 18.4. The zero-order chi connectivity index (χ0) is 21.3. The van der Waals surface area contributed by atoms with E-state index in [1.165, 1.54) is 19.1 Å². The Morgan fingerprint density at radius 1 is 0.933 bits per heavy atom. The molecule has 0 atom stereocenters. The van der Waals surface area contributed by atoms with Crippen LogP contribution in [-0.2, 0) is 4.79 Å². The Hall–Kier alpha value is -3.93. The van der Waals surface area contributed by atoms with Gasteiger partial charge >= 0.3 is 5.97 Å². The molecule has 6 heteroatoms. The van der Waals surface area contributed by atoms with Gasteiger partial charge in [-0.25, -0.2) is 4.39 Å². The number of benzene rings is 3. The number of fused-ring (bicyclic) bond motifs is 1. The number of halogens is 1. The summed E-state index contributed by atoms with van der Waals surface area (Å²) in [4.78, 5) is 23.9. The van der Waals surface area contributed by atoms with Crippen LogP contribution in [0.2, 0.25) is 0 Å². The molecule has 0 fully saturated rings. The molecule has 0 aliphatic heterocycles. The SMILES string of the molecule is CNC(=O)c1c(-c2ccc(F)cc2)oc2ccc(-c3cccc(OC(C)=O)c3)cc12. The van der Waals surface area contributed by atoms with Crippen molar-refractivity contribution in [3.8, 4) is 28.2 Å². The fourth-order valence-corrected chi connectivity index (χ4v) is 3.34. The van der Waals surface area contributed by atoms with Crippen LogP contribution in [0, 0.1) is 5.82 Å². The van der Waals surface area contributed by atoms with E-state index in [0.29, 0.717) is 33.6 Å². The summed E-state index contributed by atoms with van der Waals surface area (Å²) < 4.78 is 24.5. The first-order valence-electron chi connectivity index (χ1n) is 9.29. The van der Waals surface area contributed by atoms with E-state index in [-0.39, 0.29) is 11.7 Å². The molecule has 3 aromatic carbocycles. The van der Waals surface area contributed by atoms with Crippen molar-refractivity contribution in [3.05, 3.63) is 78.1 Å². The number of nitrogens with one attached hydrogen (secondary N) is 1. The van der Waals surface area contributed by atoms with Crippen LogP contribution in [-0.4, -0.2) is 18.9 Å². The summed E-state index contributed by atoms with van der Waals surface area (Å²) in [5.74, 6) is -0.269. The highest BCUT2D eigenvalue weighted by atomic mass is 19.1. The summed E-state index contributed by atoms with van der Waals surface area (Å²) in [5, 5.41) is 3.27. The lowest BCUT2D eigenvalue weighted by atomic mass is 10.00. The second kappa shape index (κ2) is 7.83. The van der Waals surface area contributed by atoms with E-state index in [1.807, 2.05) is 18.2 Å². The van der Waals surface area contributed by atoms with E-state index in [2.05, 4.69) is 5.32 Å². The Bertz CT molecular complexity index is 1260. The van der Waals surface area contributed by atoms with Gasteiger partial charge in [0.25, 0.3) is 5.91 Å². The monoisotopic (exact) mass is 403 g/mol. The standard InChI is InChI=1S/C24H18FNO4/c1-14(27)29-19-5-3-4-16(12-19)17-8-11-21-20(13-17)22(24(28)26-2)23(30-21)15-6-9-18(25)10-7-15/h3-13H,1-2H3,(H,26,28). The summed E-state index contributed by atoms with van der Waals surface area (Å²) in [5.41, 5.74) is 3.16. The lowest BCUT2D eigenvalue weighted by molar-refractivity contribution is -0.131. The molecular formula is C24H18FNO4. The van der Waals surface area contributed by atoms with E-state index >= 15 is 0 Å². The molecule has 4 aromatic rings. The van der Waals surface area contributed by atoms with Crippen LogP contribution < -0.4 is 10.1 Å². The molecule has 1 heterocycles. The lowest BCUT2D eigenvalue weighted by Crippen LogP contribution is -2.18. The van der Waals surface area contributed by atoms with Gasteiger partial charge in [0.2, 0.25) is 0 Å². The summed E-state index contributed by atoms with van der Waals surface area (Å²) in [6.45, 7) is 1.34. The predicted molar refractivity (Wildman–Crippen MR) is 112 cm³/mol. The average Bonchev–Trinajstić information content (AvgIpc) is 3.12. The minimum absolute atomic E-state index is 0.307. The number of rotatable bonds is 4. The van der Waals surface area contributed by atoms with E-state index < -0.39 is 5.97 Å². The molecule has 0 aliphatic carbocycles. The van der Waals surface area contributed by atoms with E-state index in [9.17, 15) is 14.0 Å². The smallest absolute Gasteiger partial charge is 0.308 e. The summed E-state index contributed by atoms with van der Waals surface area (Å²) in [7, 11) is 1.54. The first-order chi connectivity index (χ1) is 14.5. The third-order valence-electron chi connectivity index (χ3n) is 4.68. The molecule has 1 amide bonds. The fraction of sp³-hybridized carbons (Fsp3) is 0.0833. The summed E-state index contributed by atoms with van der Waals surface area (Å²) >= 11 is 0. The Labute approximate surface area is 172 Å². The van der Waals surface area contributed by atoms with Crippen molar-refractivity contribution in [3.63, 3.8) is 0 Å². The van der Waals surface area contributed by atoms with Crippen LogP contribution in [0.15, 0.2) is 71.1 Å². The van der Waals surface area contributed by atoms with Gasteiger partial charge in [-0.05, 0) is 59.7 Å². The Kier molecular flexibility index (Phi) is 5.06. The molecule has 1 aromatic heterocycles. The molecule has 0 radical (unpaired) electrons. The van der Waals surface area contributed by atoms with Gasteiger partial charge in [-0.2, -0.15) is 0 Å². The third-order valence-corrected chi connectivity index (χ3v) is 4.68. The van der Waals surface area contributed by atoms with Gasteiger partial charge in [0.05, 0.1) is 5.56 Å². The molecule has 4 rings (SSSR count). The molecule has 0 saturated carbocycles. The van der Waals surface area contributed by atoms with E-state index in [1.54, 1.807) is 43.4 Å².